The molecule has 0 aliphatic carbocycles. The van der Waals surface area contributed by atoms with Crippen LogP contribution in [0.2, 0.25) is 5.02 Å². The van der Waals surface area contributed by atoms with Crippen LogP contribution in [0.5, 0.6) is 0 Å². The maximum atomic E-state index is 12.6. The Kier molecular flexibility index (Phi) is 5.34. The van der Waals surface area contributed by atoms with Crippen molar-refractivity contribution < 1.29 is 9.53 Å². The quantitative estimate of drug-likeness (QED) is 0.705. The summed E-state index contributed by atoms with van der Waals surface area (Å²) in [5.74, 6) is -0.0898. The Hall–Kier alpha value is -2.42. The maximum Gasteiger partial charge on any atom is 0.259 e. The third-order valence-electron chi connectivity index (χ3n) is 4.60. The number of morpholine rings is 1. The number of carbonyl (C=O) groups excluding carboxylic acids is 1. The van der Waals surface area contributed by atoms with Crippen LogP contribution in [0.4, 0.5) is 5.69 Å². The number of nitrogens with one attached hydrogen (secondary N) is 1. The van der Waals surface area contributed by atoms with Gasteiger partial charge in [0.1, 0.15) is 0 Å². The Morgan fingerprint density at radius 2 is 2.11 bits per heavy atom. The average molecular weight is 419 g/mol. The summed E-state index contributed by atoms with van der Waals surface area (Å²) in [7, 11) is 0. The van der Waals surface area contributed by atoms with Crippen molar-refractivity contribution in [1.82, 2.24) is 14.3 Å². The molecule has 0 radical (unpaired) electrons. The SMILES string of the molecule is Cc1csc2nc(CNc3ccc(C(=O)N4CCOCC4)c(Cl)c3)cc(=O)n12. The predicted molar refractivity (Wildman–Crippen MR) is 110 cm³/mol. The van der Waals surface area contributed by atoms with Crippen LogP contribution in [0.15, 0.2) is 34.4 Å². The van der Waals surface area contributed by atoms with Crippen LogP contribution >= 0.6 is 22.9 Å². The molecule has 0 spiro atoms. The van der Waals surface area contributed by atoms with E-state index in [0.717, 1.165) is 11.4 Å². The van der Waals surface area contributed by atoms with Gasteiger partial charge in [0, 0.05) is 35.9 Å². The van der Waals surface area contributed by atoms with Gasteiger partial charge in [0.15, 0.2) is 4.96 Å². The molecule has 0 atom stereocenters. The van der Waals surface area contributed by atoms with E-state index in [1.165, 1.54) is 17.4 Å². The standard InChI is InChI=1S/C19H19ClN4O3S/c1-12-11-28-19-22-14(9-17(25)24(12)19)10-21-13-2-3-15(16(20)8-13)18(26)23-4-6-27-7-5-23/h2-3,8-9,11,21H,4-7,10H2,1H3. The number of hydrogen-bond donors (Lipinski definition) is 1. The lowest BCUT2D eigenvalue weighted by atomic mass is 10.1. The number of hydrogen-bond acceptors (Lipinski definition) is 6. The van der Waals surface area contributed by atoms with Gasteiger partial charge < -0.3 is 15.0 Å². The van der Waals surface area contributed by atoms with Crippen molar-refractivity contribution in [3.63, 3.8) is 0 Å². The first kappa shape index (κ1) is 18.9. The van der Waals surface area contributed by atoms with Gasteiger partial charge in [-0.3, -0.25) is 14.0 Å². The number of aromatic nitrogens is 2. The molecule has 1 aromatic carbocycles. The number of nitrogens with zero attached hydrogens (tertiary/aromatic N) is 3. The molecule has 2 aromatic heterocycles. The maximum absolute atomic E-state index is 12.6. The number of halogens is 1. The highest BCUT2D eigenvalue weighted by atomic mass is 35.5. The summed E-state index contributed by atoms with van der Waals surface area (Å²) in [6, 6.07) is 6.77. The molecule has 1 N–H and O–H groups in total. The summed E-state index contributed by atoms with van der Waals surface area (Å²) in [4.78, 5) is 31.8. The Labute approximate surface area is 170 Å². The van der Waals surface area contributed by atoms with Crippen molar-refractivity contribution in [3.05, 3.63) is 62.0 Å². The summed E-state index contributed by atoms with van der Waals surface area (Å²) in [5, 5.41) is 5.51. The molecule has 1 saturated heterocycles. The first-order chi connectivity index (χ1) is 13.5. The molecule has 1 fully saturated rings. The molecule has 1 aliphatic rings. The summed E-state index contributed by atoms with van der Waals surface area (Å²) in [5.41, 5.74) is 2.67. The van der Waals surface area contributed by atoms with Gasteiger partial charge >= 0.3 is 0 Å². The van der Waals surface area contributed by atoms with E-state index >= 15 is 0 Å². The van der Waals surface area contributed by atoms with Crippen molar-refractivity contribution >= 4 is 39.5 Å². The van der Waals surface area contributed by atoms with Gasteiger partial charge in [-0.25, -0.2) is 4.98 Å². The van der Waals surface area contributed by atoms with Crippen molar-refractivity contribution in [2.75, 3.05) is 31.6 Å². The van der Waals surface area contributed by atoms with Crippen LogP contribution < -0.4 is 10.9 Å². The van der Waals surface area contributed by atoms with Gasteiger partial charge in [-0.2, -0.15) is 0 Å². The van der Waals surface area contributed by atoms with E-state index in [1.54, 1.807) is 27.5 Å². The second-order valence-corrected chi connectivity index (χ2v) is 7.78. The minimum absolute atomic E-state index is 0.0898. The van der Waals surface area contributed by atoms with E-state index in [0.29, 0.717) is 54.1 Å². The summed E-state index contributed by atoms with van der Waals surface area (Å²) < 4.78 is 6.87. The number of fused-ring (bicyclic) bond motifs is 1. The molecule has 7 nitrogen and oxygen atoms in total. The monoisotopic (exact) mass is 418 g/mol. The molecule has 28 heavy (non-hydrogen) atoms. The lowest BCUT2D eigenvalue weighted by Crippen LogP contribution is -2.40. The molecule has 146 valence electrons. The van der Waals surface area contributed by atoms with E-state index in [2.05, 4.69) is 10.3 Å². The fourth-order valence-electron chi connectivity index (χ4n) is 3.12. The van der Waals surface area contributed by atoms with Crippen LogP contribution in [-0.2, 0) is 11.3 Å². The Morgan fingerprint density at radius 1 is 1.32 bits per heavy atom. The highest BCUT2D eigenvalue weighted by Crippen LogP contribution is 2.23. The second-order valence-electron chi connectivity index (χ2n) is 6.53. The molecule has 0 bridgehead atoms. The zero-order valence-corrected chi connectivity index (χ0v) is 16.8. The first-order valence-electron chi connectivity index (χ1n) is 8.90. The van der Waals surface area contributed by atoms with E-state index in [-0.39, 0.29) is 11.5 Å². The van der Waals surface area contributed by atoms with Crippen LogP contribution in [-0.4, -0.2) is 46.5 Å². The van der Waals surface area contributed by atoms with Gasteiger partial charge in [0.25, 0.3) is 11.5 Å². The molecule has 1 amide bonds. The Morgan fingerprint density at radius 3 is 2.86 bits per heavy atom. The zero-order chi connectivity index (χ0) is 19.7. The van der Waals surface area contributed by atoms with Crippen molar-refractivity contribution in [2.24, 2.45) is 0 Å². The summed E-state index contributed by atoms with van der Waals surface area (Å²) >= 11 is 7.78. The smallest absolute Gasteiger partial charge is 0.259 e. The number of amides is 1. The van der Waals surface area contributed by atoms with Crippen LogP contribution in [0, 0.1) is 6.92 Å². The van der Waals surface area contributed by atoms with Gasteiger partial charge in [-0.15, -0.1) is 11.3 Å². The van der Waals surface area contributed by atoms with Crippen LogP contribution in [0.25, 0.3) is 4.96 Å². The minimum atomic E-state index is -0.0926. The predicted octanol–water partition coefficient (Wildman–Crippen LogP) is 2.80. The van der Waals surface area contributed by atoms with Gasteiger partial charge in [-0.1, -0.05) is 11.6 Å². The molecule has 3 heterocycles. The molecule has 9 heteroatoms. The number of thiazole rings is 1. The van der Waals surface area contributed by atoms with Gasteiger partial charge in [0.05, 0.1) is 36.0 Å². The second kappa shape index (κ2) is 7.90. The Balaban J connectivity index is 1.48. The Bertz CT molecular complexity index is 1090. The zero-order valence-electron chi connectivity index (χ0n) is 15.3. The minimum Gasteiger partial charge on any atom is -0.379 e. The highest BCUT2D eigenvalue weighted by molar-refractivity contribution is 7.15. The summed E-state index contributed by atoms with van der Waals surface area (Å²) in [6.07, 6.45) is 0. The van der Waals surface area contributed by atoms with E-state index in [4.69, 9.17) is 16.3 Å². The van der Waals surface area contributed by atoms with Crippen molar-refractivity contribution in [1.29, 1.82) is 0 Å². The van der Waals surface area contributed by atoms with Crippen LogP contribution in [0.1, 0.15) is 21.7 Å². The molecule has 0 saturated carbocycles. The normalized spacial score (nSPS) is 14.4. The third kappa shape index (κ3) is 3.76. The first-order valence-corrected chi connectivity index (χ1v) is 10.2. The fourth-order valence-corrected chi connectivity index (χ4v) is 4.27. The third-order valence-corrected chi connectivity index (χ3v) is 5.86. The van der Waals surface area contributed by atoms with E-state index < -0.39 is 0 Å². The molecule has 4 rings (SSSR count). The molecule has 3 aromatic rings. The number of anilines is 1. The average Bonchev–Trinajstić information content (AvgIpc) is 3.08. The summed E-state index contributed by atoms with van der Waals surface area (Å²) in [6.45, 7) is 4.50. The topological polar surface area (TPSA) is 75.9 Å². The number of ether oxygens (including phenoxy) is 1. The lowest BCUT2D eigenvalue weighted by molar-refractivity contribution is 0.0303. The molecule has 0 unspecified atom stereocenters. The van der Waals surface area contributed by atoms with E-state index in [9.17, 15) is 9.59 Å². The number of rotatable bonds is 4. The number of carbonyl (C=O) groups is 1. The van der Waals surface area contributed by atoms with E-state index in [1.807, 2.05) is 12.3 Å². The van der Waals surface area contributed by atoms with Gasteiger partial charge in [0.2, 0.25) is 0 Å². The van der Waals surface area contributed by atoms with Crippen LogP contribution in [0.3, 0.4) is 0 Å². The van der Waals surface area contributed by atoms with Crippen molar-refractivity contribution in [2.45, 2.75) is 13.5 Å². The lowest BCUT2D eigenvalue weighted by Gasteiger charge is -2.27. The molecular formula is C19H19ClN4O3S. The van der Waals surface area contributed by atoms with Crippen molar-refractivity contribution in [3.8, 4) is 0 Å². The molecule has 1 aliphatic heterocycles. The number of aryl methyl sites for hydroxylation is 1. The highest BCUT2D eigenvalue weighted by Gasteiger charge is 2.20. The largest absolute Gasteiger partial charge is 0.379 e. The molecular weight excluding hydrogens is 400 g/mol. The number of benzene rings is 1. The fraction of sp³-hybridized carbons (Fsp3) is 0.316. The van der Waals surface area contributed by atoms with Gasteiger partial charge in [-0.05, 0) is 25.1 Å².